The fourth-order valence-electron chi connectivity index (χ4n) is 1.13. The highest BCUT2D eigenvalue weighted by Gasteiger charge is 2.19. The number of aromatic hydroxyl groups is 1. The molecule has 0 saturated heterocycles. The van der Waals surface area contributed by atoms with E-state index in [4.69, 9.17) is 10.8 Å². The van der Waals surface area contributed by atoms with E-state index in [1.165, 1.54) is 0 Å². The highest BCUT2D eigenvalue weighted by Crippen LogP contribution is 2.28. The van der Waals surface area contributed by atoms with E-state index in [2.05, 4.69) is 0 Å². The van der Waals surface area contributed by atoms with Gasteiger partial charge in [-0.15, -0.1) is 0 Å². The summed E-state index contributed by atoms with van der Waals surface area (Å²) in [5, 5.41) is 18.3. The van der Waals surface area contributed by atoms with Gasteiger partial charge in [-0.2, -0.15) is 0 Å². The fourth-order valence-corrected chi connectivity index (χ4v) is 1.93. The van der Waals surface area contributed by atoms with Crippen molar-refractivity contribution in [3.05, 3.63) is 26.8 Å². The van der Waals surface area contributed by atoms with Crippen LogP contribution in [0.2, 0.25) is 0 Å². The standard InChI is InChI=1S/C9H10INO3/c1-4-2-5(10)3-6(8(4)12)7(11)9(13)14/h2-3,7,12H,11H2,1H3,(H,13,14). The van der Waals surface area contributed by atoms with E-state index in [0.29, 0.717) is 5.56 Å². The first-order chi connectivity index (χ1) is 6.43. The predicted molar refractivity (Wildman–Crippen MR) is 60.1 cm³/mol. The van der Waals surface area contributed by atoms with Gasteiger partial charge in [0.2, 0.25) is 0 Å². The summed E-state index contributed by atoms with van der Waals surface area (Å²) in [5.41, 5.74) is 6.29. The molecule has 1 atom stereocenters. The summed E-state index contributed by atoms with van der Waals surface area (Å²) in [4.78, 5) is 10.6. The number of halogens is 1. The average molecular weight is 307 g/mol. The molecule has 0 amide bonds. The Bertz CT molecular complexity index is 379. The Balaban J connectivity index is 3.26. The van der Waals surface area contributed by atoms with Crippen LogP contribution in [-0.4, -0.2) is 16.2 Å². The Morgan fingerprint density at radius 3 is 2.64 bits per heavy atom. The van der Waals surface area contributed by atoms with E-state index < -0.39 is 12.0 Å². The number of hydrogen-bond donors (Lipinski definition) is 3. The van der Waals surface area contributed by atoms with Gasteiger partial charge in [-0.05, 0) is 47.2 Å². The number of aliphatic carboxylic acids is 1. The lowest BCUT2D eigenvalue weighted by molar-refractivity contribution is -0.138. The molecule has 4 N–H and O–H groups in total. The van der Waals surface area contributed by atoms with E-state index in [1.54, 1.807) is 19.1 Å². The number of phenols is 1. The number of aryl methyl sites for hydroxylation is 1. The molecule has 0 saturated carbocycles. The van der Waals surface area contributed by atoms with Gasteiger partial charge < -0.3 is 15.9 Å². The molecule has 4 nitrogen and oxygen atoms in total. The number of rotatable bonds is 2. The molecular formula is C9H10INO3. The summed E-state index contributed by atoms with van der Waals surface area (Å²) in [6.07, 6.45) is 0. The molecule has 0 heterocycles. The molecule has 1 unspecified atom stereocenters. The number of carbonyl (C=O) groups is 1. The molecule has 0 radical (unpaired) electrons. The van der Waals surface area contributed by atoms with Crippen molar-refractivity contribution in [1.82, 2.24) is 0 Å². The molecular weight excluding hydrogens is 297 g/mol. The lowest BCUT2D eigenvalue weighted by Gasteiger charge is -2.11. The Morgan fingerprint density at radius 2 is 2.14 bits per heavy atom. The molecule has 0 aliphatic rings. The predicted octanol–water partition coefficient (Wildman–Crippen LogP) is 1.39. The van der Waals surface area contributed by atoms with Gasteiger partial charge in [-0.1, -0.05) is 0 Å². The van der Waals surface area contributed by atoms with Crippen molar-refractivity contribution in [3.63, 3.8) is 0 Å². The Labute approximate surface area is 94.9 Å². The van der Waals surface area contributed by atoms with Gasteiger partial charge in [-0.25, -0.2) is 0 Å². The molecule has 0 bridgehead atoms. The van der Waals surface area contributed by atoms with E-state index in [1.807, 2.05) is 22.6 Å². The van der Waals surface area contributed by atoms with Crippen molar-refractivity contribution in [1.29, 1.82) is 0 Å². The average Bonchev–Trinajstić information content (AvgIpc) is 2.09. The molecule has 14 heavy (non-hydrogen) atoms. The molecule has 5 heteroatoms. The third-order valence-electron chi connectivity index (χ3n) is 1.90. The Kier molecular flexibility index (Phi) is 3.33. The minimum Gasteiger partial charge on any atom is -0.507 e. The van der Waals surface area contributed by atoms with E-state index in [-0.39, 0.29) is 11.3 Å². The zero-order chi connectivity index (χ0) is 10.9. The number of phenolic OH excluding ortho intramolecular Hbond substituents is 1. The largest absolute Gasteiger partial charge is 0.507 e. The van der Waals surface area contributed by atoms with Gasteiger partial charge in [0, 0.05) is 9.13 Å². The lowest BCUT2D eigenvalue weighted by atomic mass is 10.0. The first-order valence-corrected chi connectivity index (χ1v) is 4.98. The van der Waals surface area contributed by atoms with E-state index >= 15 is 0 Å². The van der Waals surface area contributed by atoms with Crippen molar-refractivity contribution in [2.75, 3.05) is 0 Å². The second kappa shape index (κ2) is 4.14. The molecule has 76 valence electrons. The van der Waals surface area contributed by atoms with Crippen LogP contribution < -0.4 is 5.73 Å². The molecule has 1 rings (SSSR count). The maximum Gasteiger partial charge on any atom is 0.325 e. The summed E-state index contributed by atoms with van der Waals surface area (Å²) in [6.45, 7) is 1.70. The highest BCUT2D eigenvalue weighted by atomic mass is 127. The van der Waals surface area contributed by atoms with Gasteiger partial charge in [0.1, 0.15) is 11.8 Å². The van der Waals surface area contributed by atoms with E-state index in [0.717, 1.165) is 3.57 Å². The van der Waals surface area contributed by atoms with Crippen molar-refractivity contribution in [3.8, 4) is 5.75 Å². The van der Waals surface area contributed by atoms with Crippen molar-refractivity contribution in [2.45, 2.75) is 13.0 Å². The molecule has 1 aromatic carbocycles. The number of carboxylic acids is 1. The molecule has 0 aromatic heterocycles. The van der Waals surface area contributed by atoms with Crippen molar-refractivity contribution >= 4 is 28.6 Å². The van der Waals surface area contributed by atoms with Crippen LogP contribution in [0.25, 0.3) is 0 Å². The van der Waals surface area contributed by atoms with Gasteiger partial charge in [-0.3, -0.25) is 4.79 Å². The van der Waals surface area contributed by atoms with Crippen LogP contribution >= 0.6 is 22.6 Å². The fraction of sp³-hybridized carbons (Fsp3) is 0.222. The first kappa shape index (κ1) is 11.3. The monoisotopic (exact) mass is 307 g/mol. The smallest absolute Gasteiger partial charge is 0.325 e. The maximum atomic E-state index is 10.6. The van der Waals surface area contributed by atoms with Crippen LogP contribution in [0.5, 0.6) is 5.75 Å². The summed E-state index contributed by atoms with van der Waals surface area (Å²) in [6, 6.07) is 2.15. The highest BCUT2D eigenvalue weighted by molar-refractivity contribution is 14.1. The molecule has 0 aliphatic carbocycles. The molecule has 1 aromatic rings. The summed E-state index contributed by atoms with van der Waals surface area (Å²) in [7, 11) is 0. The Morgan fingerprint density at radius 1 is 1.57 bits per heavy atom. The van der Waals surface area contributed by atoms with E-state index in [9.17, 15) is 9.90 Å². The number of hydrogen-bond acceptors (Lipinski definition) is 3. The summed E-state index contributed by atoms with van der Waals surface area (Å²) < 4.78 is 0.851. The number of carboxylic acid groups (broad SMARTS) is 1. The van der Waals surface area contributed by atoms with Crippen LogP contribution in [0.1, 0.15) is 17.2 Å². The minimum absolute atomic E-state index is 0.0414. The second-order valence-electron chi connectivity index (χ2n) is 2.98. The van der Waals surface area contributed by atoms with Gasteiger partial charge in [0.05, 0.1) is 0 Å². The van der Waals surface area contributed by atoms with Crippen LogP contribution in [0.15, 0.2) is 12.1 Å². The van der Waals surface area contributed by atoms with Crippen LogP contribution in [0.4, 0.5) is 0 Å². The number of benzene rings is 1. The van der Waals surface area contributed by atoms with Crippen LogP contribution in [-0.2, 0) is 4.79 Å². The van der Waals surface area contributed by atoms with Crippen LogP contribution in [0.3, 0.4) is 0 Å². The first-order valence-electron chi connectivity index (χ1n) is 3.91. The topological polar surface area (TPSA) is 83.6 Å². The SMILES string of the molecule is Cc1cc(I)cc(C(N)C(=O)O)c1O. The van der Waals surface area contributed by atoms with Crippen molar-refractivity contribution in [2.24, 2.45) is 5.73 Å². The minimum atomic E-state index is -1.18. The van der Waals surface area contributed by atoms with Crippen LogP contribution in [0, 0.1) is 10.5 Å². The second-order valence-corrected chi connectivity index (χ2v) is 4.22. The van der Waals surface area contributed by atoms with Gasteiger partial charge in [0.15, 0.2) is 0 Å². The molecule has 0 fully saturated rings. The van der Waals surface area contributed by atoms with Gasteiger partial charge in [0.25, 0.3) is 0 Å². The zero-order valence-corrected chi connectivity index (χ0v) is 9.65. The van der Waals surface area contributed by atoms with Gasteiger partial charge >= 0.3 is 5.97 Å². The molecule has 0 aliphatic heterocycles. The Hall–Kier alpha value is -0.820. The zero-order valence-electron chi connectivity index (χ0n) is 7.49. The summed E-state index contributed by atoms with van der Waals surface area (Å²) in [5.74, 6) is -1.19. The molecule has 0 spiro atoms. The third kappa shape index (κ3) is 2.16. The van der Waals surface area contributed by atoms with Crippen molar-refractivity contribution < 1.29 is 15.0 Å². The lowest BCUT2D eigenvalue weighted by Crippen LogP contribution is -2.21. The quantitative estimate of drug-likeness (QED) is 0.721. The maximum absolute atomic E-state index is 10.6. The normalized spacial score (nSPS) is 12.5. The number of nitrogens with two attached hydrogens (primary N) is 1. The third-order valence-corrected chi connectivity index (χ3v) is 2.52. The summed E-state index contributed by atoms with van der Waals surface area (Å²) >= 11 is 2.04.